The van der Waals surface area contributed by atoms with Crippen molar-refractivity contribution in [3.05, 3.63) is 29.8 Å². The Morgan fingerprint density at radius 2 is 2.12 bits per heavy atom. The molecule has 0 bridgehead atoms. The number of rotatable bonds is 5. The first-order valence-electron chi connectivity index (χ1n) is 5.21. The lowest BCUT2D eigenvalue weighted by Crippen LogP contribution is -2.33. The Morgan fingerprint density at radius 1 is 1.47 bits per heavy atom. The van der Waals surface area contributed by atoms with Gasteiger partial charge in [0, 0.05) is 18.2 Å². The molecule has 0 fully saturated rings. The van der Waals surface area contributed by atoms with Crippen LogP contribution in [0.5, 0.6) is 0 Å². The number of anilines is 1. The second-order valence-corrected chi connectivity index (χ2v) is 5.64. The SMILES string of the molecule is C#CCC(C)NS(=O)(=O)Cc1ccccc1N. The van der Waals surface area contributed by atoms with Gasteiger partial charge in [0.2, 0.25) is 10.0 Å². The second kappa shape index (κ2) is 5.71. The summed E-state index contributed by atoms with van der Waals surface area (Å²) in [4.78, 5) is 0. The number of para-hydroxylation sites is 1. The maximum atomic E-state index is 11.8. The Morgan fingerprint density at radius 3 is 2.71 bits per heavy atom. The Kier molecular flexibility index (Phi) is 4.55. The molecule has 17 heavy (non-hydrogen) atoms. The van der Waals surface area contributed by atoms with Gasteiger partial charge in [-0.2, -0.15) is 0 Å². The zero-order valence-electron chi connectivity index (χ0n) is 9.68. The number of hydrogen-bond acceptors (Lipinski definition) is 3. The van der Waals surface area contributed by atoms with Crippen LogP contribution in [-0.2, 0) is 15.8 Å². The quantitative estimate of drug-likeness (QED) is 0.609. The number of hydrogen-bond donors (Lipinski definition) is 2. The summed E-state index contributed by atoms with van der Waals surface area (Å²) in [7, 11) is -3.40. The summed E-state index contributed by atoms with van der Waals surface area (Å²) in [6.07, 6.45) is 5.48. The normalized spacial score (nSPS) is 12.9. The van der Waals surface area contributed by atoms with Gasteiger partial charge in [-0.3, -0.25) is 0 Å². The van der Waals surface area contributed by atoms with E-state index in [1.165, 1.54) is 0 Å². The molecule has 5 heteroatoms. The molecule has 92 valence electrons. The van der Waals surface area contributed by atoms with E-state index in [1.54, 1.807) is 31.2 Å². The highest BCUT2D eigenvalue weighted by Gasteiger charge is 2.15. The maximum absolute atomic E-state index is 11.8. The fraction of sp³-hybridized carbons (Fsp3) is 0.333. The molecule has 1 aromatic rings. The first-order chi connectivity index (χ1) is 7.94. The minimum absolute atomic E-state index is 0.130. The van der Waals surface area contributed by atoms with Crippen molar-refractivity contribution < 1.29 is 8.42 Å². The number of nitrogen functional groups attached to an aromatic ring is 1. The van der Waals surface area contributed by atoms with Crippen molar-refractivity contribution in [1.29, 1.82) is 0 Å². The lowest BCUT2D eigenvalue weighted by molar-refractivity contribution is 0.563. The van der Waals surface area contributed by atoms with E-state index < -0.39 is 10.0 Å². The third kappa shape index (κ3) is 4.47. The molecule has 0 amide bonds. The molecule has 1 rings (SSSR count). The van der Waals surface area contributed by atoms with Crippen LogP contribution in [0.1, 0.15) is 18.9 Å². The third-order valence-corrected chi connectivity index (χ3v) is 3.66. The fourth-order valence-corrected chi connectivity index (χ4v) is 2.89. The smallest absolute Gasteiger partial charge is 0.216 e. The highest BCUT2D eigenvalue weighted by Crippen LogP contribution is 2.13. The van der Waals surface area contributed by atoms with Crippen molar-refractivity contribution in [1.82, 2.24) is 4.72 Å². The van der Waals surface area contributed by atoms with Gasteiger partial charge < -0.3 is 5.73 Å². The van der Waals surface area contributed by atoms with Crippen LogP contribution < -0.4 is 10.5 Å². The number of terminal acetylenes is 1. The summed E-state index contributed by atoms with van der Waals surface area (Å²) in [6.45, 7) is 1.73. The molecule has 0 aliphatic rings. The molecule has 1 unspecified atom stereocenters. The second-order valence-electron chi connectivity index (χ2n) is 3.89. The van der Waals surface area contributed by atoms with Crippen molar-refractivity contribution >= 4 is 15.7 Å². The fourth-order valence-electron chi connectivity index (χ4n) is 1.44. The van der Waals surface area contributed by atoms with Crippen LogP contribution in [0.25, 0.3) is 0 Å². The van der Waals surface area contributed by atoms with Gasteiger partial charge in [-0.15, -0.1) is 12.3 Å². The Labute approximate surface area is 102 Å². The lowest BCUT2D eigenvalue weighted by Gasteiger charge is -2.12. The van der Waals surface area contributed by atoms with Crippen LogP contribution in [0.2, 0.25) is 0 Å². The van der Waals surface area contributed by atoms with Crippen LogP contribution >= 0.6 is 0 Å². The van der Waals surface area contributed by atoms with E-state index in [0.29, 0.717) is 17.7 Å². The Bertz CT molecular complexity index is 518. The molecule has 3 N–H and O–H groups in total. The van der Waals surface area contributed by atoms with Crippen LogP contribution in [0.3, 0.4) is 0 Å². The average molecular weight is 252 g/mol. The van der Waals surface area contributed by atoms with Crippen LogP contribution in [-0.4, -0.2) is 14.5 Å². The molecule has 0 radical (unpaired) electrons. The van der Waals surface area contributed by atoms with E-state index in [9.17, 15) is 8.42 Å². The van der Waals surface area contributed by atoms with E-state index >= 15 is 0 Å². The highest BCUT2D eigenvalue weighted by molar-refractivity contribution is 7.88. The topological polar surface area (TPSA) is 72.2 Å². The molecule has 0 saturated heterocycles. The van der Waals surface area contributed by atoms with Crippen LogP contribution in [0.4, 0.5) is 5.69 Å². The molecule has 0 aliphatic heterocycles. The maximum Gasteiger partial charge on any atom is 0.216 e. The van der Waals surface area contributed by atoms with Crippen molar-refractivity contribution in [2.24, 2.45) is 0 Å². The summed E-state index contributed by atoms with van der Waals surface area (Å²) < 4.78 is 26.1. The largest absolute Gasteiger partial charge is 0.398 e. The van der Waals surface area contributed by atoms with E-state index in [4.69, 9.17) is 12.2 Å². The Hall–Kier alpha value is -1.51. The first-order valence-corrected chi connectivity index (χ1v) is 6.86. The molecule has 0 aromatic heterocycles. The van der Waals surface area contributed by atoms with E-state index in [-0.39, 0.29) is 11.8 Å². The van der Waals surface area contributed by atoms with Crippen molar-refractivity contribution in [3.8, 4) is 12.3 Å². The predicted octanol–water partition coefficient (Wildman–Crippen LogP) is 1.10. The summed E-state index contributed by atoms with van der Waals surface area (Å²) >= 11 is 0. The van der Waals surface area contributed by atoms with E-state index in [0.717, 1.165) is 0 Å². The zero-order chi connectivity index (χ0) is 12.9. The molecule has 0 heterocycles. The summed E-state index contributed by atoms with van der Waals surface area (Å²) in [6, 6.07) is 6.62. The van der Waals surface area contributed by atoms with Crippen molar-refractivity contribution in [2.45, 2.75) is 25.1 Å². The van der Waals surface area contributed by atoms with Gasteiger partial charge in [0.1, 0.15) is 0 Å². The summed E-state index contributed by atoms with van der Waals surface area (Å²) in [5.74, 6) is 2.28. The van der Waals surface area contributed by atoms with Gasteiger partial charge in [0.05, 0.1) is 5.75 Å². The van der Waals surface area contributed by atoms with E-state index in [1.807, 2.05) is 0 Å². The van der Waals surface area contributed by atoms with Gasteiger partial charge in [-0.25, -0.2) is 13.1 Å². The molecular weight excluding hydrogens is 236 g/mol. The Balaban J connectivity index is 2.75. The number of nitrogens with two attached hydrogens (primary N) is 1. The molecular formula is C12H16N2O2S. The molecule has 0 saturated carbocycles. The predicted molar refractivity (Wildman–Crippen MR) is 69.5 cm³/mol. The van der Waals surface area contributed by atoms with Gasteiger partial charge >= 0.3 is 0 Å². The van der Waals surface area contributed by atoms with Crippen molar-refractivity contribution in [2.75, 3.05) is 5.73 Å². The minimum atomic E-state index is -3.40. The van der Waals surface area contributed by atoms with Gasteiger partial charge in [-0.1, -0.05) is 18.2 Å². The van der Waals surface area contributed by atoms with Crippen molar-refractivity contribution in [3.63, 3.8) is 0 Å². The molecule has 0 aliphatic carbocycles. The number of nitrogens with one attached hydrogen (secondary N) is 1. The third-order valence-electron chi connectivity index (χ3n) is 2.21. The zero-order valence-corrected chi connectivity index (χ0v) is 10.5. The van der Waals surface area contributed by atoms with Crippen LogP contribution in [0.15, 0.2) is 24.3 Å². The molecule has 4 nitrogen and oxygen atoms in total. The van der Waals surface area contributed by atoms with Gasteiger partial charge in [-0.05, 0) is 18.6 Å². The monoisotopic (exact) mass is 252 g/mol. The van der Waals surface area contributed by atoms with Crippen LogP contribution in [0, 0.1) is 12.3 Å². The summed E-state index contributed by atoms with van der Waals surface area (Å²) in [5, 5.41) is 0. The minimum Gasteiger partial charge on any atom is -0.398 e. The summed E-state index contributed by atoms with van der Waals surface area (Å²) in [5.41, 5.74) is 6.76. The molecule has 1 aromatic carbocycles. The average Bonchev–Trinajstić information content (AvgIpc) is 2.20. The van der Waals surface area contributed by atoms with Gasteiger partial charge in [0.25, 0.3) is 0 Å². The molecule has 1 atom stereocenters. The standard InChI is InChI=1S/C12H16N2O2S/c1-3-6-10(2)14-17(15,16)9-11-7-4-5-8-12(11)13/h1,4-5,7-8,10,14H,6,9,13H2,2H3. The number of benzene rings is 1. The lowest BCUT2D eigenvalue weighted by atomic mass is 10.2. The molecule has 0 spiro atoms. The first kappa shape index (κ1) is 13.6. The highest BCUT2D eigenvalue weighted by atomic mass is 32.2. The number of sulfonamides is 1. The van der Waals surface area contributed by atoms with E-state index in [2.05, 4.69) is 10.6 Å². The van der Waals surface area contributed by atoms with Gasteiger partial charge in [0.15, 0.2) is 0 Å².